The lowest BCUT2D eigenvalue weighted by atomic mass is 9.99. The Morgan fingerprint density at radius 2 is 1.61 bits per heavy atom. The molecule has 1 aliphatic carbocycles. The first-order valence-electron chi connectivity index (χ1n) is 10.5. The topological polar surface area (TPSA) is 44.7 Å². The van der Waals surface area contributed by atoms with Crippen LogP contribution in [0.2, 0.25) is 0 Å². The average molecular weight is 376 g/mol. The maximum absolute atomic E-state index is 12.4. The second kappa shape index (κ2) is 9.16. The summed E-state index contributed by atoms with van der Waals surface area (Å²) in [6.07, 6.45) is 8.05. The molecule has 1 saturated carbocycles. The van der Waals surface area contributed by atoms with Crippen LogP contribution in [0.3, 0.4) is 0 Å². The lowest BCUT2D eigenvalue weighted by Crippen LogP contribution is -2.30. The molecule has 1 N–H and O–H groups in total. The van der Waals surface area contributed by atoms with Crippen LogP contribution in [0.4, 0.5) is 0 Å². The van der Waals surface area contributed by atoms with Gasteiger partial charge in [0.1, 0.15) is 0 Å². The van der Waals surface area contributed by atoms with E-state index in [1.165, 1.54) is 42.4 Å². The van der Waals surface area contributed by atoms with Crippen molar-refractivity contribution in [3.63, 3.8) is 0 Å². The van der Waals surface area contributed by atoms with Crippen molar-refractivity contribution in [3.8, 4) is 0 Å². The van der Waals surface area contributed by atoms with Crippen molar-refractivity contribution in [2.75, 3.05) is 6.54 Å². The predicted molar refractivity (Wildman–Crippen MR) is 113 cm³/mol. The summed E-state index contributed by atoms with van der Waals surface area (Å²) in [4.78, 5) is 14.9. The van der Waals surface area contributed by atoms with Gasteiger partial charge < -0.3 is 0 Å². The van der Waals surface area contributed by atoms with Gasteiger partial charge in [-0.1, -0.05) is 49.2 Å². The van der Waals surface area contributed by atoms with Crippen LogP contribution >= 0.6 is 0 Å². The number of hydrogen-bond donors (Lipinski definition) is 1. The molecule has 1 heterocycles. The van der Waals surface area contributed by atoms with Crippen molar-refractivity contribution in [2.24, 2.45) is 5.10 Å². The van der Waals surface area contributed by atoms with Gasteiger partial charge in [-0.15, -0.1) is 0 Å². The number of nitrogens with one attached hydrogen (secondary N) is 1. The summed E-state index contributed by atoms with van der Waals surface area (Å²) < 4.78 is 0. The molecule has 2 aliphatic rings. The van der Waals surface area contributed by atoms with Crippen molar-refractivity contribution in [2.45, 2.75) is 58.0 Å². The van der Waals surface area contributed by atoms with Crippen LogP contribution < -0.4 is 5.43 Å². The second-order valence-electron chi connectivity index (χ2n) is 7.96. The maximum atomic E-state index is 12.4. The number of rotatable bonds is 4. The predicted octanol–water partition coefficient (Wildman–Crippen LogP) is 4.68. The number of hydrogen-bond acceptors (Lipinski definition) is 3. The number of hydrazone groups is 1. The Kier molecular flexibility index (Phi) is 6.17. The Morgan fingerprint density at radius 1 is 0.893 bits per heavy atom. The van der Waals surface area contributed by atoms with Crippen molar-refractivity contribution in [3.05, 3.63) is 70.8 Å². The molecule has 0 saturated heterocycles. The van der Waals surface area contributed by atoms with E-state index >= 15 is 0 Å². The summed E-state index contributed by atoms with van der Waals surface area (Å²) in [6, 6.07) is 16.7. The van der Waals surface area contributed by atoms with Crippen LogP contribution in [0.1, 0.15) is 65.6 Å². The molecule has 0 spiro atoms. The van der Waals surface area contributed by atoms with Gasteiger partial charge in [-0.25, -0.2) is 5.43 Å². The summed E-state index contributed by atoms with van der Waals surface area (Å²) in [6.45, 7) is 2.99. The maximum Gasteiger partial charge on any atom is 0.271 e. The average Bonchev–Trinajstić information content (AvgIpc) is 3.01. The zero-order chi connectivity index (χ0) is 19.2. The van der Waals surface area contributed by atoms with Gasteiger partial charge in [0.2, 0.25) is 0 Å². The number of fused-ring (bicyclic) bond motifs is 1. The van der Waals surface area contributed by atoms with Gasteiger partial charge in [0.15, 0.2) is 0 Å². The van der Waals surface area contributed by atoms with Gasteiger partial charge in [-0.2, -0.15) is 5.10 Å². The number of carbonyl (C=O) groups excluding carboxylic acids is 1. The molecule has 1 amide bonds. The fourth-order valence-electron chi connectivity index (χ4n) is 4.15. The fourth-order valence-corrected chi connectivity index (χ4v) is 4.15. The van der Waals surface area contributed by atoms with Gasteiger partial charge in [0, 0.05) is 30.9 Å². The van der Waals surface area contributed by atoms with Gasteiger partial charge in [-0.3, -0.25) is 9.69 Å². The van der Waals surface area contributed by atoms with Crippen molar-refractivity contribution in [1.29, 1.82) is 0 Å². The van der Waals surface area contributed by atoms with Gasteiger partial charge in [0.05, 0.1) is 0 Å². The van der Waals surface area contributed by atoms with Gasteiger partial charge in [0.25, 0.3) is 5.91 Å². The third-order valence-corrected chi connectivity index (χ3v) is 5.83. The Hall–Kier alpha value is -2.46. The first-order valence-corrected chi connectivity index (χ1v) is 10.5. The van der Waals surface area contributed by atoms with E-state index < -0.39 is 0 Å². The number of amides is 1. The Morgan fingerprint density at radius 3 is 2.36 bits per heavy atom. The SMILES string of the molecule is O=C(NN=C1CCCCCC1)c1ccc(CN2CCc3ccccc3C2)cc1. The largest absolute Gasteiger partial charge is 0.294 e. The van der Waals surface area contributed by atoms with Crippen molar-refractivity contribution < 1.29 is 4.79 Å². The van der Waals surface area contributed by atoms with E-state index in [4.69, 9.17) is 0 Å². The van der Waals surface area contributed by atoms with E-state index in [1.54, 1.807) is 0 Å². The minimum atomic E-state index is -0.116. The van der Waals surface area contributed by atoms with E-state index in [0.717, 1.165) is 44.6 Å². The minimum Gasteiger partial charge on any atom is -0.294 e. The lowest BCUT2D eigenvalue weighted by molar-refractivity contribution is 0.0954. The summed E-state index contributed by atoms with van der Waals surface area (Å²) in [5.41, 5.74) is 8.70. The molecule has 4 rings (SSSR count). The highest BCUT2D eigenvalue weighted by atomic mass is 16.2. The third-order valence-electron chi connectivity index (χ3n) is 5.83. The molecule has 2 aromatic carbocycles. The molecule has 0 atom stereocenters. The lowest BCUT2D eigenvalue weighted by Gasteiger charge is -2.28. The fraction of sp³-hybridized carbons (Fsp3) is 0.417. The quantitative estimate of drug-likeness (QED) is 0.623. The normalized spacial score (nSPS) is 17.5. The van der Waals surface area contributed by atoms with E-state index in [9.17, 15) is 4.79 Å². The minimum absolute atomic E-state index is 0.116. The smallest absolute Gasteiger partial charge is 0.271 e. The van der Waals surface area contributed by atoms with Crippen LogP contribution in [0.15, 0.2) is 53.6 Å². The van der Waals surface area contributed by atoms with Crippen LogP contribution in [-0.2, 0) is 19.5 Å². The Balaban J connectivity index is 1.32. The molecule has 0 radical (unpaired) electrons. The van der Waals surface area contributed by atoms with Crippen molar-refractivity contribution >= 4 is 11.6 Å². The molecule has 2 aromatic rings. The Bertz CT molecular complexity index is 831. The zero-order valence-electron chi connectivity index (χ0n) is 16.5. The molecule has 28 heavy (non-hydrogen) atoms. The molecular formula is C24H29N3O. The van der Waals surface area contributed by atoms with Crippen LogP contribution in [-0.4, -0.2) is 23.1 Å². The third kappa shape index (κ3) is 4.87. The molecule has 0 bridgehead atoms. The highest BCUT2D eigenvalue weighted by molar-refractivity contribution is 5.95. The highest BCUT2D eigenvalue weighted by Gasteiger charge is 2.16. The molecule has 1 fully saturated rings. The summed E-state index contributed by atoms with van der Waals surface area (Å²) in [5, 5.41) is 4.37. The molecule has 0 unspecified atom stereocenters. The first-order chi connectivity index (χ1) is 13.8. The van der Waals surface area contributed by atoms with Crippen LogP contribution in [0.25, 0.3) is 0 Å². The van der Waals surface area contributed by atoms with Crippen LogP contribution in [0, 0.1) is 0 Å². The number of carbonyl (C=O) groups is 1. The van der Waals surface area contributed by atoms with Gasteiger partial charge in [-0.05, 0) is 60.9 Å². The number of benzene rings is 2. The van der Waals surface area contributed by atoms with E-state index in [2.05, 4.69) is 51.8 Å². The highest BCUT2D eigenvalue weighted by Crippen LogP contribution is 2.20. The van der Waals surface area contributed by atoms with E-state index in [-0.39, 0.29) is 5.91 Å². The van der Waals surface area contributed by atoms with Crippen molar-refractivity contribution in [1.82, 2.24) is 10.3 Å². The molecule has 146 valence electrons. The zero-order valence-corrected chi connectivity index (χ0v) is 16.5. The van der Waals surface area contributed by atoms with Gasteiger partial charge >= 0.3 is 0 Å². The Labute approximate surface area is 167 Å². The second-order valence-corrected chi connectivity index (χ2v) is 7.96. The first kappa shape index (κ1) is 18.9. The monoisotopic (exact) mass is 375 g/mol. The molecule has 0 aromatic heterocycles. The van der Waals surface area contributed by atoms with E-state index in [0.29, 0.717) is 5.56 Å². The van der Waals surface area contributed by atoms with Crippen LogP contribution in [0.5, 0.6) is 0 Å². The summed E-state index contributed by atoms with van der Waals surface area (Å²) in [7, 11) is 0. The molecule has 1 aliphatic heterocycles. The number of nitrogens with zero attached hydrogens (tertiary/aromatic N) is 2. The molecule has 4 heteroatoms. The molecule has 4 nitrogen and oxygen atoms in total. The summed E-state index contributed by atoms with van der Waals surface area (Å²) in [5.74, 6) is -0.116. The summed E-state index contributed by atoms with van der Waals surface area (Å²) >= 11 is 0. The van der Waals surface area contributed by atoms with E-state index in [1.807, 2.05) is 12.1 Å². The molecular weight excluding hydrogens is 346 g/mol. The standard InChI is InChI=1S/C24H29N3O/c28-24(26-25-23-9-3-1-2-4-10-23)21-13-11-19(12-14-21)17-27-16-15-20-7-5-6-8-22(20)18-27/h5-8,11-14H,1-4,9-10,15-18H2,(H,26,28).